The van der Waals surface area contributed by atoms with Crippen LogP contribution in [-0.2, 0) is 4.79 Å². The van der Waals surface area contributed by atoms with Gasteiger partial charge >= 0.3 is 0 Å². The number of ether oxygens (including phenoxy) is 2. The molecule has 0 radical (unpaired) electrons. The van der Waals surface area contributed by atoms with E-state index >= 15 is 8.78 Å². The average Bonchev–Trinajstić information content (AvgIpc) is 3.85. The lowest BCUT2D eigenvalue weighted by atomic mass is 9.95. The number of rotatable bonds is 5. The Morgan fingerprint density at radius 2 is 1.16 bits per heavy atom. The summed E-state index contributed by atoms with van der Waals surface area (Å²) < 4.78 is 74.3. The van der Waals surface area contributed by atoms with Crippen molar-refractivity contribution in [3.05, 3.63) is 92.0 Å². The van der Waals surface area contributed by atoms with Crippen LogP contribution in [0.3, 0.4) is 0 Å². The average molecular weight is 1000 g/mol. The van der Waals surface area contributed by atoms with E-state index in [1.807, 2.05) is 12.1 Å². The molecule has 0 bridgehead atoms. The molecule has 2 fully saturated rings. The molecule has 0 spiro atoms. The molecule has 1 unspecified atom stereocenters. The van der Waals surface area contributed by atoms with E-state index < -0.39 is 41.1 Å². The van der Waals surface area contributed by atoms with E-state index in [9.17, 15) is 33.7 Å². The number of nitrogens with two attached hydrogens (primary N) is 2. The van der Waals surface area contributed by atoms with Crippen molar-refractivity contribution < 1.29 is 41.4 Å². The first-order chi connectivity index (χ1) is 32.7. The fourth-order valence-corrected chi connectivity index (χ4v) is 12.5. The lowest BCUT2D eigenvalue weighted by Gasteiger charge is -2.44. The number of nitriles is 2. The Hall–Kier alpha value is -6.35. The number of hydrogen-bond donors (Lipinski definition) is 2. The van der Waals surface area contributed by atoms with E-state index in [1.165, 1.54) is 12.1 Å². The third-order valence-electron chi connectivity index (χ3n) is 13.2. The molecule has 6 aromatic rings. The minimum atomic E-state index is -0.876. The highest BCUT2D eigenvalue weighted by molar-refractivity contribution is 7.23. The molecule has 0 aliphatic carbocycles. The fourth-order valence-electron chi connectivity index (χ4n) is 9.86. The molecule has 21 heteroatoms. The Balaban J connectivity index is 0.799. The Bertz CT molecular complexity index is 3260. The van der Waals surface area contributed by atoms with Gasteiger partial charge in [-0.1, -0.05) is 35.3 Å². The number of fused-ring (bicyclic) bond motifs is 6. The Kier molecular flexibility index (Phi) is 11.8. The first-order valence-corrected chi connectivity index (χ1v) is 23.8. The number of anilines is 2. The number of halogens is 6. The number of piperazine rings is 2. The van der Waals surface area contributed by atoms with Crippen molar-refractivity contribution in [1.29, 1.82) is 10.5 Å². The summed E-state index contributed by atoms with van der Waals surface area (Å²) in [5, 5.41) is 19.6. The van der Waals surface area contributed by atoms with Gasteiger partial charge in [-0.2, -0.15) is 10.5 Å². The van der Waals surface area contributed by atoms with Crippen LogP contribution in [0.15, 0.2) is 36.4 Å². The molecule has 2 atom stereocenters. The second kappa shape index (κ2) is 17.6. The lowest BCUT2D eigenvalue weighted by molar-refractivity contribution is -0.134. The summed E-state index contributed by atoms with van der Waals surface area (Å²) in [6.45, 7) is 2.33. The second-order valence-electron chi connectivity index (χ2n) is 16.8. The van der Waals surface area contributed by atoms with E-state index in [2.05, 4.69) is 4.90 Å². The second-order valence-corrected chi connectivity index (χ2v) is 19.7. The SMILES string of the molecule is N#Cc1c(N)sc2c(F)ccc(-c3c(F)cc4c(c3Cl)OCCC3CN(C(=O)CCN5CCN6C(=O)c7cc(F)c(-c8ccc(F)c9sc(N)c(C#N)c89)c(Cl)c7OCC[C@H]6C5)CCN3C4=O)c12. The zero-order valence-electron chi connectivity index (χ0n) is 35.6. The van der Waals surface area contributed by atoms with Gasteiger partial charge in [0.15, 0.2) is 11.5 Å². The molecular weight excluding hydrogens is 968 g/mol. The predicted molar refractivity (Wildman–Crippen MR) is 250 cm³/mol. The van der Waals surface area contributed by atoms with Crippen LogP contribution in [0.5, 0.6) is 11.5 Å². The molecule has 2 aromatic heterocycles. The van der Waals surface area contributed by atoms with Crippen molar-refractivity contribution >= 4 is 93.8 Å². The first-order valence-electron chi connectivity index (χ1n) is 21.4. The summed E-state index contributed by atoms with van der Waals surface area (Å²) in [5.41, 5.74) is 11.8. The molecule has 3 amide bonds. The molecule has 6 heterocycles. The molecular formula is C47H36Cl2F4N8O5S2. The smallest absolute Gasteiger partial charge is 0.258 e. The molecule has 4 N–H and O–H groups in total. The molecule has 13 nitrogen and oxygen atoms in total. The van der Waals surface area contributed by atoms with Gasteiger partial charge in [0.05, 0.1) is 61.0 Å². The van der Waals surface area contributed by atoms with Crippen molar-refractivity contribution in [2.24, 2.45) is 0 Å². The molecule has 4 aliphatic heterocycles. The van der Waals surface area contributed by atoms with Gasteiger partial charge in [0.25, 0.3) is 11.8 Å². The van der Waals surface area contributed by atoms with E-state index in [1.54, 1.807) is 14.7 Å². The Morgan fingerprint density at radius 1 is 0.691 bits per heavy atom. The number of nitrogen functional groups attached to an aromatic ring is 2. The number of benzene rings is 4. The van der Waals surface area contributed by atoms with Crippen molar-refractivity contribution in [3.8, 4) is 45.9 Å². The van der Waals surface area contributed by atoms with Crippen LogP contribution in [0.2, 0.25) is 10.0 Å². The molecule has 68 heavy (non-hydrogen) atoms. The van der Waals surface area contributed by atoms with Crippen LogP contribution in [0, 0.1) is 45.9 Å². The molecule has 4 aliphatic rings. The number of carbonyl (C=O) groups excluding carboxylic acids is 3. The molecule has 4 aromatic carbocycles. The third kappa shape index (κ3) is 7.39. The van der Waals surface area contributed by atoms with Crippen molar-refractivity contribution in [3.63, 3.8) is 0 Å². The summed E-state index contributed by atoms with van der Waals surface area (Å²) in [5.74, 6) is -4.19. The van der Waals surface area contributed by atoms with Crippen molar-refractivity contribution in [1.82, 2.24) is 19.6 Å². The molecule has 2 saturated heterocycles. The normalized spacial score (nSPS) is 18.6. The van der Waals surface area contributed by atoms with Crippen LogP contribution in [0.1, 0.15) is 51.1 Å². The zero-order valence-corrected chi connectivity index (χ0v) is 38.7. The monoisotopic (exact) mass is 1000 g/mol. The number of thiophene rings is 2. The van der Waals surface area contributed by atoms with E-state index in [0.29, 0.717) is 32.5 Å². The van der Waals surface area contributed by atoms with E-state index in [-0.39, 0.29) is 154 Å². The van der Waals surface area contributed by atoms with Gasteiger partial charge in [-0.15, -0.1) is 22.7 Å². The summed E-state index contributed by atoms with van der Waals surface area (Å²) >= 11 is 15.4. The quantitative estimate of drug-likeness (QED) is 0.159. The minimum absolute atomic E-state index is 0.00629. The largest absolute Gasteiger partial charge is 0.491 e. The van der Waals surface area contributed by atoms with E-state index in [4.69, 9.17) is 44.1 Å². The van der Waals surface area contributed by atoms with Gasteiger partial charge in [-0.05, 0) is 35.4 Å². The first kappa shape index (κ1) is 45.4. The van der Waals surface area contributed by atoms with Crippen molar-refractivity contribution in [2.75, 3.05) is 70.5 Å². The summed E-state index contributed by atoms with van der Waals surface area (Å²) in [6, 6.07) is 10.2. The minimum Gasteiger partial charge on any atom is -0.491 e. The van der Waals surface area contributed by atoms with Crippen LogP contribution < -0.4 is 20.9 Å². The van der Waals surface area contributed by atoms with E-state index in [0.717, 1.165) is 46.9 Å². The summed E-state index contributed by atoms with van der Waals surface area (Å²) in [7, 11) is 0. The maximum Gasteiger partial charge on any atom is 0.258 e. The summed E-state index contributed by atoms with van der Waals surface area (Å²) in [6.07, 6.45) is 0.896. The maximum atomic E-state index is 16.2. The number of amides is 3. The standard InChI is InChI=1S/C47H36Cl2F4N8O5S2/c48-38-36(23-1-3-29(50)42-34(23)27(17-54)44(56)67-42)31(52)15-25-40(38)65-13-6-21-19-58(9-11-60(21)46(25)63)8-5-33(62)59-10-12-61-22(20-59)7-14-66-41-26(47(61)64)16-32(53)37(39(41)49)24-2-4-30(51)43-35(24)28(18-55)45(57)68-43/h1-4,15-16,21-22H,5-14,19-20,56-57H2/t21-,22?/m0/s1. The van der Waals surface area contributed by atoms with Gasteiger partial charge < -0.3 is 35.6 Å². The third-order valence-corrected chi connectivity index (χ3v) is 15.9. The Labute approximate surface area is 403 Å². The Morgan fingerprint density at radius 3 is 1.65 bits per heavy atom. The van der Waals surface area contributed by atoms with Crippen LogP contribution in [-0.4, -0.2) is 108 Å². The van der Waals surface area contributed by atoms with Crippen LogP contribution in [0.25, 0.3) is 42.4 Å². The topological polar surface area (TPSA) is 182 Å². The highest BCUT2D eigenvalue weighted by Crippen LogP contribution is 2.49. The maximum absolute atomic E-state index is 16.2. The highest BCUT2D eigenvalue weighted by Gasteiger charge is 2.39. The van der Waals surface area contributed by atoms with Gasteiger partial charge in [0.1, 0.15) is 45.4 Å². The number of carbonyl (C=O) groups is 3. The van der Waals surface area contributed by atoms with Crippen LogP contribution >= 0.6 is 45.9 Å². The van der Waals surface area contributed by atoms with Crippen molar-refractivity contribution in [2.45, 2.75) is 31.3 Å². The molecule has 0 saturated carbocycles. The lowest BCUT2D eigenvalue weighted by Crippen LogP contribution is -2.58. The van der Waals surface area contributed by atoms with Gasteiger partial charge in [0.2, 0.25) is 5.91 Å². The zero-order chi connectivity index (χ0) is 47.9. The van der Waals surface area contributed by atoms with Gasteiger partial charge in [-0.3, -0.25) is 19.3 Å². The van der Waals surface area contributed by atoms with Gasteiger partial charge in [0, 0.05) is 93.0 Å². The van der Waals surface area contributed by atoms with Crippen LogP contribution in [0.4, 0.5) is 27.6 Å². The summed E-state index contributed by atoms with van der Waals surface area (Å²) in [4.78, 5) is 49.0. The van der Waals surface area contributed by atoms with Gasteiger partial charge in [-0.25, -0.2) is 17.6 Å². The predicted octanol–water partition coefficient (Wildman–Crippen LogP) is 8.66. The highest BCUT2D eigenvalue weighted by atomic mass is 35.5. The number of hydrogen-bond acceptors (Lipinski definition) is 12. The fraction of sp³-hybridized carbons (Fsp3) is 0.298. The molecule has 348 valence electrons. The molecule has 10 rings (SSSR count). The number of nitrogens with zero attached hydrogens (tertiary/aromatic N) is 6.